The Morgan fingerprint density at radius 1 is 1.23 bits per heavy atom. The van der Waals surface area contributed by atoms with E-state index in [9.17, 15) is 0 Å². The molecule has 0 unspecified atom stereocenters. The van der Waals surface area contributed by atoms with Crippen LogP contribution in [0.15, 0.2) is 54.7 Å². The molecule has 3 aromatic rings. The molecule has 0 saturated carbocycles. The lowest BCUT2D eigenvalue weighted by atomic mass is 10.2. The summed E-state index contributed by atoms with van der Waals surface area (Å²) < 4.78 is 13.0. The Labute approximate surface area is 156 Å². The lowest BCUT2D eigenvalue weighted by Gasteiger charge is -2.23. The van der Waals surface area contributed by atoms with Crippen LogP contribution in [-0.4, -0.2) is 35.3 Å². The molecule has 4 rings (SSSR count). The van der Waals surface area contributed by atoms with Gasteiger partial charge in [0, 0.05) is 23.3 Å². The first-order chi connectivity index (χ1) is 12.7. The molecule has 1 atom stereocenters. The number of anilines is 1. The van der Waals surface area contributed by atoms with Crippen molar-refractivity contribution in [3.05, 3.63) is 71.0 Å². The number of methoxy groups -OCH3 is 1. The monoisotopic (exact) mass is 370 g/mol. The smallest absolute Gasteiger partial charge is 0.177 e. The summed E-state index contributed by atoms with van der Waals surface area (Å²) in [4.78, 5) is 2.17. The predicted molar refractivity (Wildman–Crippen MR) is 99.6 cm³/mol. The number of hydrogen-bond donors (Lipinski definition) is 0. The van der Waals surface area contributed by atoms with Gasteiger partial charge in [-0.25, -0.2) is 4.68 Å². The molecule has 0 N–H and O–H groups in total. The maximum Gasteiger partial charge on any atom is 0.177 e. The van der Waals surface area contributed by atoms with Gasteiger partial charge >= 0.3 is 0 Å². The number of halogens is 1. The third-order valence-corrected chi connectivity index (χ3v) is 4.60. The van der Waals surface area contributed by atoms with Gasteiger partial charge in [-0.3, -0.25) is 0 Å². The Kier molecular flexibility index (Phi) is 4.77. The first-order valence-corrected chi connectivity index (χ1v) is 8.77. The molecule has 0 amide bonds. The molecular weight excluding hydrogens is 352 g/mol. The highest BCUT2D eigenvalue weighted by Gasteiger charge is 2.29. The van der Waals surface area contributed by atoms with Crippen molar-refractivity contribution in [3.8, 4) is 5.75 Å². The Bertz CT molecular complexity index is 881. The molecule has 6 nitrogen and oxygen atoms in total. The zero-order valence-corrected chi connectivity index (χ0v) is 15.1. The van der Waals surface area contributed by atoms with E-state index in [-0.39, 0.29) is 6.23 Å². The second-order valence-electron chi connectivity index (χ2n) is 6.09. The zero-order chi connectivity index (χ0) is 17.9. The van der Waals surface area contributed by atoms with Gasteiger partial charge in [0.05, 0.1) is 26.5 Å². The van der Waals surface area contributed by atoms with E-state index in [1.54, 1.807) is 7.11 Å². The van der Waals surface area contributed by atoms with Gasteiger partial charge in [-0.2, -0.15) is 0 Å². The highest BCUT2D eigenvalue weighted by atomic mass is 35.5. The van der Waals surface area contributed by atoms with Gasteiger partial charge in [-0.1, -0.05) is 35.0 Å². The van der Waals surface area contributed by atoms with Crippen LogP contribution in [0, 0.1) is 0 Å². The number of rotatable bonds is 5. The van der Waals surface area contributed by atoms with Crippen molar-refractivity contribution >= 4 is 17.3 Å². The average molecular weight is 371 g/mol. The largest absolute Gasteiger partial charge is 0.497 e. The van der Waals surface area contributed by atoms with Crippen molar-refractivity contribution in [1.29, 1.82) is 0 Å². The van der Waals surface area contributed by atoms with Gasteiger partial charge in [0.2, 0.25) is 0 Å². The van der Waals surface area contributed by atoms with E-state index in [1.807, 2.05) is 59.4 Å². The van der Waals surface area contributed by atoms with E-state index in [4.69, 9.17) is 21.1 Å². The second kappa shape index (κ2) is 7.35. The van der Waals surface area contributed by atoms with E-state index < -0.39 is 0 Å². The van der Waals surface area contributed by atoms with Crippen LogP contribution >= 0.6 is 11.6 Å². The van der Waals surface area contributed by atoms with Gasteiger partial charge in [0.15, 0.2) is 6.23 Å². The average Bonchev–Trinajstić information content (AvgIpc) is 3.33. The Balaban J connectivity index is 1.53. The van der Waals surface area contributed by atoms with Crippen LogP contribution in [0.3, 0.4) is 0 Å². The van der Waals surface area contributed by atoms with Crippen LogP contribution in [0.5, 0.6) is 5.75 Å². The third kappa shape index (κ3) is 3.52. The second-order valence-corrected chi connectivity index (χ2v) is 6.52. The highest BCUT2D eigenvalue weighted by molar-refractivity contribution is 6.30. The fourth-order valence-corrected chi connectivity index (χ4v) is 3.18. The van der Waals surface area contributed by atoms with E-state index in [1.165, 1.54) is 0 Å². The standard InChI is InChI=1S/C19H19ClN4O2/c1-25-17-4-2-3-16(11-17)24-9-10-26-19(24)18-13-23(22-21-18)12-14-5-7-15(20)8-6-14/h2-8,11,13,19H,9-10,12H2,1H3/t19-/m0/s1. The predicted octanol–water partition coefficient (Wildman–Crippen LogP) is 3.52. The fraction of sp³-hybridized carbons (Fsp3) is 0.263. The molecule has 0 radical (unpaired) electrons. The summed E-state index contributed by atoms with van der Waals surface area (Å²) in [7, 11) is 1.67. The normalized spacial score (nSPS) is 16.8. The molecule has 26 heavy (non-hydrogen) atoms. The Hall–Kier alpha value is -2.57. The summed E-state index contributed by atoms with van der Waals surface area (Å²) in [5, 5.41) is 9.29. The molecule has 134 valence electrons. The lowest BCUT2D eigenvalue weighted by molar-refractivity contribution is 0.110. The van der Waals surface area contributed by atoms with E-state index in [2.05, 4.69) is 15.2 Å². The van der Waals surface area contributed by atoms with Gasteiger partial charge in [0.1, 0.15) is 11.4 Å². The SMILES string of the molecule is COc1cccc(N2CCO[C@H]2c2cn(Cc3ccc(Cl)cc3)nn2)c1. The summed E-state index contributed by atoms with van der Waals surface area (Å²) in [5.41, 5.74) is 2.95. The summed E-state index contributed by atoms with van der Waals surface area (Å²) >= 11 is 5.93. The molecule has 1 saturated heterocycles. The van der Waals surface area contributed by atoms with Crippen LogP contribution in [-0.2, 0) is 11.3 Å². The Morgan fingerprint density at radius 3 is 2.88 bits per heavy atom. The number of benzene rings is 2. The minimum atomic E-state index is -0.249. The van der Waals surface area contributed by atoms with Crippen LogP contribution in [0.2, 0.25) is 5.02 Å². The van der Waals surface area contributed by atoms with Crippen molar-refractivity contribution in [2.45, 2.75) is 12.8 Å². The number of hydrogen-bond acceptors (Lipinski definition) is 5. The van der Waals surface area contributed by atoms with Gasteiger partial charge in [-0.05, 0) is 29.8 Å². The number of nitrogens with zero attached hydrogens (tertiary/aromatic N) is 4. The molecule has 1 fully saturated rings. The van der Waals surface area contributed by atoms with Crippen molar-refractivity contribution in [1.82, 2.24) is 15.0 Å². The summed E-state index contributed by atoms with van der Waals surface area (Å²) in [5.74, 6) is 0.819. The minimum Gasteiger partial charge on any atom is -0.497 e. The van der Waals surface area contributed by atoms with E-state index in [0.29, 0.717) is 13.2 Å². The summed E-state index contributed by atoms with van der Waals surface area (Å²) in [6, 6.07) is 15.7. The maximum absolute atomic E-state index is 5.93. The van der Waals surface area contributed by atoms with Crippen molar-refractivity contribution < 1.29 is 9.47 Å². The van der Waals surface area contributed by atoms with Gasteiger partial charge in [-0.15, -0.1) is 5.10 Å². The molecule has 2 heterocycles. The molecule has 1 aromatic heterocycles. The van der Waals surface area contributed by atoms with Crippen LogP contribution in [0.4, 0.5) is 5.69 Å². The van der Waals surface area contributed by atoms with Crippen LogP contribution < -0.4 is 9.64 Å². The molecule has 2 aromatic carbocycles. The maximum atomic E-state index is 5.93. The zero-order valence-electron chi connectivity index (χ0n) is 14.4. The molecule has 1 aliphatic rings. The van der Waals surface area contributed by atoms with Crippen LogP contribution in [0.1, 0.15) is 17.5 Å². The number of ether oxygens (including phenoxy) is 2. The van der Waals surface area contributed by atoms with Crippen molar-refractivity contribution in [2.75, 3.05) is 25.2 Å². The first-order valence-electron chi connectivity index (χ1n) is 8.40. The van der Waals surface area contributed by atoms with Crippen LogP contribution in [0.25, 0.3) is 0 Å². The summed E-state index contributed by atoms with van der Waals surface area (Å²) in [6.45, 7) is 2.07. The number of aromatic nitrogens is 3. The first kappa shape index (κ1) is 16.9. The topological polar surface area (TPSA) is 52.4 Å². The molecule has 0 spiro atoms. The van der Waals surface area contributed by atoms with Crippen molar-refractivity contribution in [3.63, 3.8) is 0 Å². The molecule has 0 aliphatic carbocycles. The third-order valence-electron chi connectivity index (χ3n) is 4.34. The molecule has 7 heteroatoms. The molecular formula is C19H19ClN4O2. The lowest BCUT2D eigenvalue weighted by Crippen LogP contribution is -2.23. The van der Waals surface area contributed by atoms with E-state index >= 15 is 0 Å². The Morgan fingerprint density at radius 2 is 2.08 bits per heavy atom. The van der Waals surface area contributed by atoms with Crippen molar-refractivity contribution in [2.24, 2.45) is 0 Å². The quantitative estimate of drug-likeness (QED) is 0.687. The molecule has 1 aliphatic heterocycles. The van der Waals surface area contributed by atoms with E-state index in [0.717, 1.165) is 34.3 Å². The minimum absolute atomic E-state index is 0.249. The molecule has 0 bridgehead atoms. The van der Waals surface area contributed by atoms with Gasteiger partial charge in [0.25, 0.3) is 0 Å². The van der Waals surface area contributed by atoms with Gasteiger partial charge < -0.3 is 14.4 Å². The fourth-order valence-electron chi connectivity index (χ4n) is 3.05. The highest BCUT2D eigenvalue weighted by Crippen LogP contribution is 2.32. The summed E-state index contributed by atoms with van der Waals surface area (Å²) in [6.07, 6.45) is 1.68.